The summed E-state index contributed by atoms with van der Waals surface area (Å²) in [5.74, 6) is 0.665. The van der Waals surface area contributed by atoms with E-state index < -0.39 is 0 Å². The van der Waals surface area contributed by atoms with E-state index in [9.17, 15) is 0 Å². The van der Waals surface area contributed by atoms with Crippen molar-refractivity contribution in [1.82, 2.24) is 4.98 Å². The summed E-state index contributed by atoms with van der Waals surface area (Å²) in [4.78, 5) is 4.61. The average Bonchev–Trinajstić information content (AvgIpc) is 3.11. The zero-order valence-electron chi connectivity index (χ0n) is 8.97. The number of nitrogens with zero attached hydrogens (tertiary/aromatic N) is 1. The minimum Gasteiger partial charge on any atom is -0.322 e. The molecule has 0 unspecified atom stereocenters. The van der Waals surface area contributed by atoms with Crippen LogP contribution in [0, 0.1) is 5.92 Å². The number of hydrogen-bond acceptors (Lipinski definition) is 2. The average molecular weight is 235 g/mol. The van der Waals surface area contributed by atoms with E-state index in [2.05, 4.69) is 23.2 Å². The van der Waals surface area contributed by atoms with Gasteiger partial charge in [-0.25, -0.2) is 0 Å². The highest BCUT2D eigenvalue weighted by Gasteiger charge is 2.30. The molecule has 2 N–H and O–H groups in total. The quantitative estimate of drug-likeness (QED) is 0.868. The van der Waals surface area contributed by atoms with Gasteiger partial charge in [0.05, 0.1) is 11.2 Å². The van der Waals surface area contributed by atoms with Crippen molar-refractivity contribution in [3.05, 3.63) is 42.1 Å². The van der Waals surface area contributed by atoms with E-state index in [-0.39, 0.29) is 18.4 Å². The van der Waals surface area contributed by atoms with Crippen molar-refractivity contribution < 1.29 is 0 Å². The van der Waals surface area contributed by atoms with Crippen molar-refractivity contribution in [1.29, 1.82) is 0 Å². The van der Waals surface area contributed by atoms with Crippen LogP contribution < -0.4 is 5.73 Å². The molecule has 1 aromatic heterocycles. The van der Waals surface area contributed by atoms with Gasteiger partial charge in [-0.2, -0.15) is 0 Å². The maximum atomic E-state index is 6.13. The first-order chi connectivity index (χ1) is 7.34. The monoisotopic (exact) mass is 234 g/mol. The molecule has 1 atom stereocenters. The van der Waals surface area contributed by atoms with Gasteiger partial charge in [0.15, 0.2) is 0 Å². The molecule has 2 nitrogen and oxygen atoms in total. The minimum atomic E-state index is 0. The number of hydrogen-bond donors (Lipinski definition) is 1. The largest absolute Gasteiger partial charge is 0.322 e. The maximum absolute atomic E-state index is 6.13. The second-order valence-corrected chi connectivity index (χ2v) is 4.29. The van der Waals surface area contributed by atoms with Crippen molar-refractivity contribution in [3.63, 3.8) is 0 Å². The Morgan fingerprint density at radius 2 is 1.88 bits per heavy atom. The highest BCUT2D eigenvalue weighted by molar-refractivity contribution is 5.85. The SMILES string of the molecule is Cl.N[C@H](c1ccc2ccccc2n1)C1CC1. The summed E-state index contributed by atoms with van der Waals surface area (Å²) in [6.45, 7) is 0. The summed E-state index contributed by atoms with van der Waals surface area (Å²) in [5.41, 5.74) is 8.21. The van der Waals surface area contributed by atoms with Gasteiger partial charge >= 0.3 is 0 Å². The van der Waals surface area contributed by atoms with Gasteiger partial charge in [0.2, 0.25) is 0 Å². The zero-order chi connectivity index (χ0) is 10.3. The molecule has 2 aromatic rings. The first kappa shape index (κ1) is 11.4. The molecule has 3 heteroatoms. The third kappa shape index (κ3) is 2.04. The lowest BCUT2D eigenvalue weighted by Crippen LogP contribution is -2.13. The lowest BCUT2D eigenvalue weighted by atomic mass is 10.1. The van der Waals surface area contributed by atoms with Gasteiger partial charge in [-0.3, -0.25) is 4.98 Å². The number of rotatable bonds is 2. The van der Waals surface area contributed by atoms with E-state index in [0.29, 0.717) is 5.92 Å². The molecule has 0 amide bonds. The molecule has 16 heavy (non-hydrogen) atoms. The predicted molar refractivity (Wildman–Crippen MR) is 68.6 cm³/mol. The van der Waals surface area contributed by atoms with Crippen LogP contribution in [-0.2, 0) is 0 Å². The summed E-state index contributed by atoms with van der Waals surface area (Å²) in [5, 5.41) is 1.18. The van der Waals surface area contributed by atoms with Crippen LogP contribution in [0.15, 0.2) is 36.4 Å². The van der Waals surface area contributed by atoms with Crippen LogP contribution in [0.25, 0.3) is 10.9 Å². The smallest absolute Gasteiger partial charge is 0.0706 e. The van der Waals surface area contributed by atoms with Gasteiger partial charge in [-0.1, -0.05) is 24.3 Å². The predicted octanol–water partition coefficient (Wildman–Crippen LogP) is 3.07. The molecule has 84 valence electrons. The molecule has 0 radical (unpaired) electrons. The molecule has 0 aliphatic heterocycles. The fourth-order valence-electron chi connectivity index (χ4n) is 1.96. The minimum absolute atomic E-state index is 0. The molecular weight excluding hydrogens is 220 g/mol. The normalized spacial score (nSPS) is 16.8. The van der Waals surface area contributed by atoms with Crippen molar-refractivity contribution in [2.24, 2.45) is 11.7 Å². The Bertz CT molecular complexity index is 494. The van der Waals surface area contributed by atoms with Gasteiger partial charge in [-0.15, -0.1) is 12.4 Å². The molecule has 1 saturated carbocycles. The standard InChI is InChI=1S/C13H14N2.ClH/c14-13(10-5-6-10)12-8-7-9-3-1-2-4-11(9)15-12;/h1-4,7-8,10,13H,5-6,14H2;1H/t13-;/m0./s1. The molecular formula is C13H15ClN2. The van der Waals surface area contributed by atoms with Crippen LogP contribution >= 0.6 is 12.4 Å². The molecule has 0 bridgehead atoms. The molecule has 0 spiro atoms. The molecule has 1 aliphatic rings. The number of para-hydroxylation sites is 1. The number of pyridine rings is 1. The van der Waals surface area contributed by atoms with Crippen LogP contribution in [0.3, 0.4) is 0 Å². The Kier molecular flexibility index (Phi) is 3.13. The highest BCUT2D eigenvalue weighted by atomic mass is 35.5. The number of aromatic nitrogens is 1. The van der Waals surface area contributed by atoms with Gasteiger partial charge in [-0.05, 0) is 30.9 Å². The van der Waals surface area contributed by atoms with E-state index in [0.717, 1.165) is 11.2 Å². The van der Waals surface area contributed by atoms with Gasteiger partial charge < -0.3 is 5.73 Å². The van der Waals surface area contributed by atoms with Crippen molar-refractivity contribution in [3.8, 4) is 0 Å². The van der Waals surface area contributed by atoms with E-state index >= 15 is 0 Å². The van der Waals surface area contributed by atoms with Crippen LogP contribution in [0.5, 0.6) is 0 Å². The summed E-state index contributed by atoms with van der Waals surface area (Å²) < 4.78 is 0. The second-order valence-electron chi connectivity index (χ2n) is 4.29. The molecule has 1 fully saturated rings. The van der Waals surface area contributed by atoms with E-state index in [4.69, 9.17) is 5.73 Å². The Morgan fingerprint density at radius 1 is 1.12 bits per heavy atom. The van der Waals surface area contributed by atoms with Crippen molar-refractivity contribution in [2.75, 3.05) is 0 Å². The van der Waals surface area contributed by atoms with E-state index in [1.807, 2.05) is 18.2 Å². The number of fused-ring (bicyclic) bond motifs is 1. The van der Waals surface area contributed by atoms with E-state index in [1.165, 1.54) is 18.2 Å². The van der Waals surface area contributed by atoms with Crippen molar-refractivity contribution >= 4 is 23.3 Å². The lowest BCUT2D eigenvalue weighted by Gasteiger charge is -2.10. The summed E-state index contributed by atoms with van der Waals surface area (Å²) in [6.07, 6.45) is 2.52. The Hall–Kier alpha value is -1.12. The molecule has 0 saturated heterocycles. The van der Waals surface area contributed by atoms with Crippen LogP contribution in [0.2, 0.25) is 0 Å². The number of benzene rings is 1. The topological polar surface area (TPSA) is 38.9 Å². The van der Waals surface area contributed by atoms with Gasteiger partial charge in [0, 0.05) is 11.4 Å². The highest BCUT2D eigenvalue weighted by Crippen LogP contribution is 2.38. The van der Waals surface area contributed by atoms with Crippen molar-refractivity contribution in [2.45, 2.75) is 18.9 Å². The van der Waals surface area contributed by atoms with Crippen LogP contribution in [0.4, 0.5) is 0 Å². The summed E-state index contributed by atoms with van der Waals surface area (Å²) >= 11 is 0. The third-order valence-corrected chi connectivity index (χ3v) is 3.09. The van der Waals surface area contributed by atoms with Gasteiger partial charge in [0.1, 0.15) is 0 Å². The zero-order valence-corrected chi connectivity index (χ0v) is 9.78. The second kappa shape index (κ2) is 4.40. The fourth-order valence-corrected chi connectivity index (χ4v) is 1.96. The Morgan fingerprint density at radius 3 is 2.62 bits per heavy atom. The summed E-state index contributed by atoms with van der Waals surface area (Å²) in [7, 11) is 0. The number of halogens is 1. The van der Waals surface area contributed by atoms with Crippen LogP contribution in [0.1, 0.15) is 24.6 Å². The van der Waals surface area contributed by atoms with Crippen LogP contribution in [-0.4, -0.2) is 4.98 Å². The molecule has 1 aliphatic carbocycles. The molecule has 1 aromatic carbocycles. The van der Waals surface area contributed by atoms with Gasteiger partial charge in [0.25, 0.3) is 0 Å². The first-order valence-corrected chi connectivity index (χ1v) is 5.46. The Labute approximate surface area is 101 Å². The lowest BCUT2D eigenvalue weighted by molar-refractivity contribution is 0.617. The van der Waals surface area contributed by atoms with E-state index in [1.54, 1.807) is 0 Å². The molecule has 1 heterocycles. The third-order valence-electron chi connectivity index (χ3n) is 3.09. The maximum Gasteiger partial charge on any atom is 0.0706 e. The molecule has 3 rings (SSSR count). The summed E-state index contributed by atoms with van der Waals surface area (Å²) in [6, 6.07) is 12.5. The fraction of sp³-hybridized carbons (Fsp3) is 0.308. The Balaban J connectivity index is 0.000000963. The first-order valence-electron chi connectivity index (χ1n) is 5.46. The number of nitrogens with two attached hydrogens (primary N) is 1.